The van der Waals surface area contributed by atoms with Gasteiger partial charge in [0.05, 0.1) is 43.6 Å². The number of nitrogens with one attached hydrogen (secondary N) is 2. The monoisotopic (exact) mass is 424 g/mol. The summed E-state index contributed by atoms with van der Waals surface area (Å²) in [6.07, 6.45) is 5.21. The van der Waals surface area contributed by atoms with E-state index in [4.69, 9.17) is 4.74 Å². The van der Waals surface area contributed by atoms with Crippen molar-refractivity contribution in [2.45, 2.75) is 19.8 Å². The molecule has 1 fully saturated rings. The minimum atomic E-state index is 0.145. The molecule has 4 rings (SSSR count). The molecule has 2 aromatic heterocycles. The molecule has 8 nitrogen and oxygen atoms in total. The number of aromatic hydroxyl groups is 1. The summed E-state index contributed by atoms with van der Waals surface area (Å²) in [7, 11) is 2.28. The van der Waals surface area contributed by atoms with Crippen LogP contribution in [0.1, 0.15) is 18.4 Å². The van der Waals surface area contributed by atoms with Crippen LogP contribution in [0.3, 0.4) is 0 Å². The Kier molecular flexibility index (Phi) is 5.99. The van der Waals surface area contributed by atoms with Crippen molar-refractivity contribution in [1.29, 1.82) is 0 Å². The molecular formula is C23H30N5O3+. The summed E-state index contributed by atoms with van der Waals surface area (Å²) in [5.74, 6) is 0.696. The maximum absolute atomic E-state index is 10.9. The third-order valence-electron chi connectivity index (χ3n) is 6.00. The fourth-order valence-corrected chi connectivity index (χ4v) is 4.11. The van der Waals surface area contributed by atoms with Crippen molar-refractivity contribution in [3.63, 3.8) is 0 Å². The van der Waals surface area contributed by atoms with Crippen molar-refractivity contribution in [3.8, 4) is 11.6 Å². The third kappa shape index (κ3) is 4.59. The van der Waals surface area contributed by atoms with E-state index < -0.39 is 0 Å². The minimum absolute atomic E-state index is 0.145. The molecule has 0 saturated carbocycles. The number of carbonyl (C=O) groups excluding carboxylic acids is 1. The fraction of sp³-hybridized carbons (Fsp3) is 0.391. The number of rotatable bonds is 9. The van der Waals surface area contributed by atoms with Crippen molar-refractivity contribution >= 4 is 28.9 Å². The van der Waals surface area contributed by atoms with E-state index >= 15 is 0 Å². The van der Waals surface area contributed by atoms with E-state index in [0.29, 0.717) is 18.2 Å². The Morgan fingerprint density at radius 2 is 2.06 bits per heavy atom. The van der Waals surface area contributed by atoms with Gasteiger partial charge in [0.15, 0.2) is 0 Å². The van der Waals surface area contributed by atoms with Gasteiger partial charge in [0.1, 0.15) is 30.9 Å². The van der Waals surface area contributed by atoms with Crippen molar-refractivity contribution in [3.05, 3.63) is 42.1 Å². The van der Waals surface area contributed by atoms with E-state index in [-0.39, 0.29) is 12.3 Å². The number of quaternary nitrogens is 1. The number of benzene rings is 1. The normalized spacial score (nSPS) is 15.2. The average Bonchev–Trinajstić information content (AvgIpc) is 3.34. The summed E-state index contributed by atoms with van der Waals surface area (Å²) in [6.45, 7) is 5.89. The molecule has 0 amide bonds. The number of phenols is 1. The van der Waals surface area contributed by atoms with E-state index in [0.717, 1.165) is 39.8 Å². The van der Waals surface area contributed by atoms with Crippen LogP contribution in [-0.2, 0) is 4.79 Å². The number of aldehydes is 1. The molecule has 3 heterocycles. The fourth-order valence-electron chi connectivity index (χ4n) is 4.11. The van der Waals surface area contributed by atoms with Crippen LogP contribution < -0.4 is 15.4 Å². The van der Waals surface area contributed by atoms with Crippen LogP contribution in [0.15, 0.2) is 36.5 Å². The van der Waals surface area contributed by atoms with Crippen molar-refractivity contribution in [2.24, 2.45) is 0 Å². The zero-order valence-electron chi connectivity index (χ0n) is 18.1. The molecule has 1 aliphatic rings. The molecular weight excluding hydrogens is 394 g/mol. The summed E-state index contributed by atoms with van der Waals surface area (Å²) in [6, 6.07) is 9.31. The lowest BCUT2D eigenvalue weighted by atomic mass is 10.1. The first kappa shape index (κ1) is 21.0. The standard InChI is InChI=1S/C23H29N5O3/c1-17-15-19(18(16-21(17)30)24-8-13-29)25-22-20-7-3-4-9-27(20)26-23(22)31-14-12-28(2)10-5-6-11-28/h3-4,7,9,13,15-16,24-25H,5-6,8,10-12,14H2,1-2H3/p+1. The molecule has 0 aliphatic carbocycles. The highest BCUT2D eigenvalue weighted by Crippen LogP contribution is 2.37. The molecule has 1 aliphatic heterocycles. The molecule has 0 radical (unpaired) electrons. The van der Waals surface area contributed by atoms with Gasteiger partial charge >= 0.3 is 0 Å². The summed E-state index contributed by atoms with van der Waals surface area (Å²) in [4.78, 5) is 10.9. The highest BCUT2D eigenvalue weighted by Gasteiger charge is 2.27. The molecule has 1 saturated heterocycles. The predicted molar refractivity (Wildman–Crippen MR) is 121 cm³/mol. The Morgan fingerprint density at radius 1 is 1.26 bits per heavy atom. The SMILES string of the molecule is Cc1cc(Nc2c(OCC[N+]3(C)CCCC3)nn3ccccc23)c(NCC=O)cc1O. The van der Waals surface area contributed by atoms with E-state index in [1.165, 1.54) is 25.9 Å². The summed E-state index contributed by atoms with van der Waals surface area (Å²) in [5, 5.41) is 21.2. The Hall–Kier alpha value is -3.26. The van der Waals surface area contributed by atoms with E-state index in [1.807, 2.05) is 37.4 Å². The Bertz CT molecular complexity index is 1070. The maximum atomic E-state index is 10.9. The number of hydrogen-bond acceptors (Lipinski definition) is 6. The number of carbonyl (C=O) groups is 1. The average molecular weight is 425 g/mol. The van der Waals surface area contributed by atoms with Crippen LogP contribution in [0.2, 0.25) is 0 Å². The number of hydrogen-bond donors (Lipinski definition) is 3. The summed E-state index contributed by atoms with van der Waals surface area (Å²) in [5.41, 5.74) is 3.73. The van der Waals surface area contributed by atoms with Crippen LogP contribution in [0.4, 0.5) is 17.1 Å². The number of ether oxygens (including phenoxy) is 1. The lowest BCUT2D eigenvalue weighted by Gasteiger charge is -2.28. The van der Waals surface area contributed by atoms with Crippen LogP contribution in [0.25, 0.3) is 5.52 Å². The number of pyridine rings is 1. The van der Waals surface area contributed by atoms with Gasteiger partial charge < -0.3 is 29.8 Å². The number of aryl methyl sites for hydroxylation is 1. The van der Waals surface area contributed by atoms with Crippen molar-refractivity contribution in [2.75, 3.05) is 50.5 Å². The van der Waals surface area contributed by atoms with Gasteiger partial charge in [0.2, 0.25) is 0 Å². The second-order valence-corrected chi connectivity index (χ2v) is 8.41. The van der Waals surface area contributed by atoms with Gasteiger partial charge in [-0.15, -0.1) is 5.10 Å². The van der Waals surface area contributed by atoms with Gasteiger partial charge in [-0.3, -0.25) is 0 Å². The van der Waals surface area contributed by atoms with Gasteiger partial charge in [-0.1, -0.05) is 6.07 Å². The van der Waals surface area contributed by atoms with Gasteiger partial charge in [-0.05, 0) is 30.7 Å². The Morgan fingerprint density at radius 3 is 2.84 bits per heavy atom. The number of fused-ring (bicyclic) bond motifs is 1. The number of likely N-dealkylation sites (tertiary alicyclic amines) is 1. The lowest BCUT2D eigenvalue weighted by Crippen LogP contribution is -2.43. The van der Waals surface area contributed by atoms with E-state index in [2.05, 4.69) is 22.8 Å². The number of anilines is 3. The molecule has 0 bridgehead atoms. The molecule has 0 unspecified atom stereocenters. The van der Waals surface area contributed by atoms with E-state index in [9.17, 15) is 9.90 Å². The van der Waals surface area contributed by atoms with Crippen LogP contribution >= 0.6 is 0 Å². The second-order valence-electron chi connectivity index (χ2n) is 8.41. The number of aromatic nitrogens is 2. The predicted octanol–water partition coefficient (Wildman–Crippen LogP) is 3.32. The van der Waals surface area contributed by atoms with Crippen molar-refractivity contribution < 1.29 is 19.1 Å². The zero-order chi connectivity index (χ0) is 21.8. The minimum Gasteiger partial charge on any atom is -0.508 e. The Labute approximate surface area is 182 Å². The zero-order valence-corrected chi connectivity index (χ0v) is 18.1. The van der Waals surface area contributed by atoms with Crippen LogP contribution in [0.5, 0.6) is 11.6 Å². The largest absolute Gasteiger partial charge is 0.508 e. The molecule has 0 spiro atoms. The molecule has 31 heavy (non-hydrogen) atoms. The van der Waals surface area contributed by atoms with Gasteiger partial charge in [0, 0.05) is 25.1 Å². The first-order valence-corrected chi connectivity index (χ1v) is 10.7. The third-order valence-corrected chi connectivity index (χ3v) is 6.00. The maximum Gasteiger partial charge on any atom is 0.258 e. The lowest BCUT2D eigenvalue weighted by molar-refractivity contribution is -0.897. The van der Waals surface area contributed by atoms with Crippen LogP contribution in [0, 0.1) is 6.92 Å². The first-order chi connectivity index (χ1) is 15.0. The second kappa shape index (κ2) is 8.85. The summed E-state index contributed by atoms with van der Waals surface area (Å²) >= 11 is 0. The van der Waals surface area contributed by atoms with Crippen molar-refractivity contribution in [1.82, 2.24) is 9.61 Å². The molecule has 0 atom stereocenters. The first-order valence-electron chi connectivity index (χ1n) is 10.7. The molecule has 3 aromatic rings. The molecule has 1 aromatic carbocycles. The molecule has 164 valence electrons. The Balaban J connectivity index is 1.63. The van der Waals surface area contributed by atoms with Gasteiger partial charge in [-0.2, -0.15) is 0 Å². The molecule has 8 heteroatoms. The smallest absolute Gasteiger partial charge is 0.258 e. The van der Waals surface area contributed by atoms with Crippen LogP contribution in [-0.4, -0.2) is 65.3 Å². The molecule has 3 N–H and O–H groups in total. The van der Waals surface area contributed by atoms with Gasteiger partial charge in [0.25, 0.3) is 5.88 Å². The summed E-state index contributed by atoms with van der Waals surface area (Å²) < 4.78 is 8.98. The van der Waals surface area contributed by atoms with Gasteiger partial charge in [-0.25, -0.2) is 4.52 Å². The highest BCUT2D eigenvalue weighted by atomic mass is 16.5. The number of nitrogens with zero attached hydrogens (tertiary/aromatic N) is 3. The number of phenolic OH excluding ortho intramolecular Hbond substituents is 1. The van der Waals surface area contributed by atoms with E-state index in [1.54, 1.807) is 10.6 Å². The number of likely N-dealkylation sites (N-methyl/N-ethyl adjacent to an activating group) is 1. The quantitative estimate of drug-likeness (QED) is 0.277. The highest BCUT2D eigenvalue weighted by molar-refractivity contribution is 5.86. The topological polar surface area (TPSA) is 87.9 Å².